The topological polar surface area (TPSA) is 69.6 Å². The normalized spacial score (nSPS) is 14.2. The van der Waals surface area contributed by atoms with Gasteiger partial charge in [-0.25, -0.2) is 0 Å². The van der Waals surface area contributed by atoms with Crippen molar-refractivity contribution in [3.05, 3.63) is 109 Å². The summed E-state index contributed by atoms with van der Waals surface area (Å²) in [6.07, 6.45) is 63.2. The molecule has 0 aliphatic heterocycles. The molecule has 0 aromatic heterocycles. The fraction of sp³-hybridized carbons (Fsp3) is 0.596. The van der Waals surface area contributed by atoms with Crippen molar-refractivity contribution in [2.75, 3.05) is 6.61 Å². The zero-order valence-electron chi connectivity index (χ0n) is 32.8. The van der Waals surface area contributed by atoms with Crippen LogP contribution in [0.25, 0.3) is 0 Å². The Hall–Kier alpha value is -2.95. The van der Waals surface area contributed by atoms with Gasteiger partial charge in [0.25, 0.3) is 0 Å². The van der Waals surface area contributed by atoms with Gasteiger partial charge in [-0.2, -0.15) is 0 Å². The third-order valence-electron chi connectivity index (χ3n) is 8.51. The van der Waals surface area contributed by atoms with Crippen LogP contribution in [0.4, 0.5) is 0 Å². The molecule has 3 N–H and O–H groups in total. The first-order chi connectivity index (χ1) is 25.2. The number of aliphatic hydroxyl groups is 2. The molecule has 0 radical (unpaired) electrons. The molecule has 0 aromatic carbocycles. The molecule has 0 aromatic rings. The van der Waals surface area contributed by atoms with Gasteiger partial charge in [0.1, 0.15) is 0 Å². The lowest BCUT2D eigenvalue weighted by molar-refractivity contribution is -0.123. The first-order valence-corrected chi connectivity index (χ1v) is 20.6. The molecule has 0 aliphatic rings. The zero-order chi connectivity index (χ0) is 37.1. The molecule has 2 unspecified atom stereocenters. The Labute approximate surface area is 315 Å². The molecule has 0 fully saturated rings. The minimum absolute atomic E-state index is 0.113. The smallest absolute Gasteiger partial charge is 0.220 e. The molecule has 2 atom stereocenters. The molecule has 0 rings (SSSR count). The van der Waals surface area contributed by atoms with E-state index in [4.69, 9.17) is 0 Å². The molecular weight excluding hydrogens is 627 g/mol. The number of allylic oxidation sites excluding steroid dienone is 17. The minimum Gasteiger partial charge on any atom is -0.394 e. The van der Waals surface area contributed by atoms with E-state index in [1.165, 1.54) is 57.8 Å². The first-order valence-electron chi connectivity index (χ1n) is 20.6. The Balaban J connectivity index is 3.78. The number of rotatable bonds is 35. The van der Waals surface area contributed by atoms with Gasteiger partial charge in [0.2, 0.25) is 5.91 Å². The van der Waals surface area contributed by atoms with Gasteiger partial charge < -0.3 is 15.5 Å². The number of carbonyl (C=O) groups is 1. The van der Waals surface area contributed by atoms with Crippen LogP contribution in [0, 0.1) is 0 Å². The van der Waals surface area contributed by atoms with Gasteiger partial charge in [0.05, 0.1) is 18.8 Å². The second-order valence-electron chi connectivity index (χ2n) is 13.3. The second-order valence-corrected chi connectivity index (χ2v) is 13.3. The number of amides is 1. The minimum atomic E-state index is -0.863. The van der Waals surface area contributed by atoms with Crippen LogP contribution in [-0.4, -0.2) is 34.9 Å². The number of carbonyl (C=O) groups excluding carboxylic acids is 1. The van der Waals surface area contributed by atoms with Crippen LogP contribution in [0.2, 0.25) is 0 Å². The van der Waals surface area contributed by atoms with Crippen molar-refractivity contribution in [1.82, 2.24) is 5.32 Å². The zero-order valence-corrected chi connectivity index (χ0v) is 32.8. The standard InChI is InChI=1S/C47H77NO3/c1-3-5-7-9-11-13-15-17-18-19-20-21-22-23-24-25-26-27-28-29-30-31-33-35-37-39-41-43-47(51)48-45(44-49)46(50)42-40-38-36-34-32-16-14-12-10-8-6-4-2/h5,7,11,13,17-18,20-21,23-24,26-27,29-30,33,35,40,42,45-46,49-50H,3-4,6,8-10,12,14-16,19,22,25,28,31-32,34,36-39,41,43-44H2,1-2H3,(H,48,51)/b7-5-,13-11-,18-17-,21-20-,24-23-,27-26-,30-29-,35-33-,42-40+. The van der Waals surface area contributed by atoms with E-state index in [0.717, 1.165) is 83.5 Å². The molecule has 1 amide bonds. The van der Waals surface area contributed by atoms with Gasteiger partial charge in [-0.05, 0) is 83.5 Å². The van der Waals surface area contributed by atoms with Gasteiger partial charge in [0, 0.05) is 6.42 Å². The SMILES string of the molecule is CC/C=C\C/C=C\C/C=C\C/C=C\C/C=C\C/C=C\C/C=C\C/C=C\CCCCC(=O)NC(CO)C(O)/C=C/CCCCCCCCCCCC. The van der Waals surface area contributed by atoms with E-state index < -0.39 is 12.1 Å². The summed E-state index contributed by atoms with van der Waals surface area (Å²) in [4.78, 5) is 12.3. The Morgan fingerprint density at radius 2 is 0.863 bits per heavy atom. The third-order valence-corrected chi connectivity index (χ3v) is 8.51. The van der Waals surface area contributed by atoms with E-state index in [1.807, 2.05) is 6.08 Å². The molecule has 288 valence electrons. The quantitative estimate of drug-likeness (QED) is 0.0454. The fourth-order valence-electron chi connectivity index (χ4n) is 5.37. The summed E-state index contributed by atoms with van der Waals surface area (Å²) in [5, 5.41) is 22.9. The molecule has 4 nitrogen and oxygen atoms in total. The van der Waals surface area contributed by atoms with Crippen molar-refractivity contribution in [3.63, 3.8) is 0 Å². The maximum Gasteiger partial charge on any atom is 0.220 e. The molecule has 0 bridgehead atoms. The molecular formula is C47H77NO3. The van der Waals surface area contributed by atoms with E-state index >= 15 is 0 Å². The summed E-state index contributed by atoms with van der Waals surface area (Å²) in [7, 11) is 0. The molecule has 0 heterocycles. The van der Waals surface area contributed by atoms with E-state index in [2.05, 4.69) is 116 Å². The highest BCUT2D eigenvalue weighted by Crippen LogP contribution is 2.12. The summed E-state index contributed by atoms with van der Waals surface area (Å²) in [5.74, 6) is -0.113. The van der Waals surface area contributed by atoms with Crippen LogP contribution in [0.3, 0.4) is 0 Å². The highest BCUT2D eigenvalue weighted by Gasteiger charge is 2.17. The second kappa shape index (κ2) is 41.5. The Morgan fingerprint density at radius 3 is 1.29 bits per heavy atom. The van der Waals surface area contributed by atoms with E-state index in [-0.39, 0.29) is 12.5 Å². The Kier molecular flexibility index (Phi) is 39.1. The number of unbranched alkanes of at least 4 members (excludes halogenated alkanes) is 12. The third kappa shape index (κ3) is 38.1. The maximum absolute atomic E-state index is 12.3. The highest BCUT2D eigenvalue weighted by atomic mass is 16.3. The van der Waals surface area contributed by atoms with Crippen molar-refractivity contribution in [2.45, 2.75) is 174 Å². The van der Waals surface area contributed by atoms with E-state index in [9.17, 15) is 15.0 Å². The van der Waals surface area contributed by atoms with Gasteiger partial charge in [-0.1, -0.05) is 181 Å². The average Bonchev–Trinajstić information content (AvgIpc) is 3.13. The largest absolute Gasteiger partial charge is 0.394 e. The fourth-order valence-corrected chi connectivity index (χ4v) is 5.37. The average molecular weight is 704 g/mol. The van der Waals surface area contributed by atoms with Crippen molar-refractivity contribution in [3.8, 4) is 0 Å². The maximum atomic E-state index is 12.3. The van der Waals surface area contributed by atoms with Crippen LogP contribution >= 0.6 is 0 Å². The van der Waals surface area contributed by atoms with Crippen LogP contribution in [0.1, 0.15) is 162 Å². The Morgan fingerprint density at radius 1 is 0.490 bits per heavy atom. The summed E-state index contributed by atoms with van der Waals surface area (Å²) in [5.41, 5.74) is 0. The molecule has 0 aliphatic carbocycles. The number of hydrogen-bond donors (Lipinski definition) is 3. The van der Waals surface area contributed by atoms with Crippen LogP contribution < -0.4 is 5.32 Å². The predicted molar refractivity (Wildman–Crippen MR) is 225 cm³/mol. The summed E-state index contributed by atoms with van der Waals surface area (Å²) in [6.45, 7) is 4.14. The van der Waals surface area contributed by atoms with Gasteiger partial charge in [-0.15, -0.1) is 0 Å². The number of aliphatic hydroxyl groups excluding tert-OH is 2. The molecule has 51 heavy (non-hydrogen) atoms. The molecule has 0 saturated heterocycles. The van der Waals surface area contributed by atoms with Crippen molar-refractivity contribution in [2.24, 2.45) is 0 Å². The van der Waals surface area contributed by atoms with Crippen molar-refractivity contribution < 1.29 is 15.0 Å². The lowest BCUT2D eigenvalue weighted by Crippen LogP contribution is -2.45. The lowest BCUT2D eigenvalue weighted by atomic mass is 10.1. The lowest BCUT2D eigenvalue weighted by Gasteiger charge is -2.19. The van der Waals surface area contributed by atoms with Gasteiger partial charge >= 0.3 is 0 Å². The van der Waals surface area contributed by atoms with Crippen molar-refractivity contribution >= 4 is 5.91 Å². The first kappa shape index (κ1) is 48.0. The van der Waals surface area contributed by atoms with Gasteiger partial charge in [0.15, 0.2) is 0 Å². The summed E-state index contributed by atoms with van der Waals surface area (Å²) >= 11 is 0. The Bertz CT molecular complexity index is 1030. The highest BCUT2D eigenvalue weighted by molar-refractivity contribution is 5.76. The van der Waals surface area contributed by atoms with Crippen LogP contribution in [0.15, 0.2) is 109 Å². The molecule has 4 heteroatoms. The van der Waals surface area contributed by atoms with Crippen LogP contribution in [0.5, 0.6) is 0 Å². The summed E-state index contributed by atoms with van der Waals surface area (Å²) in [6, 6.07) is -0.652. The van der Waals surface area contributed by atoms with Crippen molar-refractivity contribution in [1.29, 1.82) is 0 Å². The van der Waals surface area contributed by atoms with E-state index in [1.54, 1.807) is 6.08 Å². The summed E-state index contributed by atoms with van der Waals surface area (Å²) < 4.78 is 0. The predicted octanol–water partition coefficient (Wildman–Crippen LogP) is 12.8. The number of hydrogen-bond acceptors (Lipinski definition) is 3. The number of nitrogens with one attached hydrogen (secondary N) is 1. The van der Waals surface area contributed by atoms with E-state index in [0.29, 0.717) is 6.42 Å². The molecule has 0 spiro atoms. The van der Waals surface area contributed by atoms with Crippen LogP contribution in [-0.2, 0) is 4.79 Å². The monoisotopic (exact) mass is 704 g/mol. The molecule has 0 saturated carbocycles. The van der Waals surface area contributed by atoms with Gasteiger partial charge in [-0.3, -0.25) is 4.79 Å².